The first-order valence-electron chi connectivity index (χ1n) is 7.40. The molecule has 6 nitrogen and oxygen atoms in total. The van der Waals surface area contributed by atoms with E-state index in [0.29, 0.717) is 39.2 Å². The van der Waals surface area contributed by atoms with Crippen molar-refractivity contribution in [3.8, 4) is 5.75 Å². The number of piperazine rings is 1. The van der Waals surface area contributed by atoms with Crippen LogP contribution in [0.3, 0.4) is 0 Å². The lowest BCUT2D eigenvalue weighted by Crippen LogP contribution is -2.52. The number of hydrogen-bond acceptors (Lipinski definition) is 4. The van der Waals surface area contributed by atoms with E-state index in [1.165, 1.54) is 10.6 Å². The predicted molar refractivity (Wildman–Crippen MR) is 82.1 cm³/mol. The SMILES string of the molecule is CS(=O)(=O)N1CCN(C(=O)[C@@H]2COc3ccccc3C2)CC1. The number of nitrogens with zero attached hydrogens (tertiary/aromatic N) is 2. The summed E-state index contributed by atoms with van der Waals surface area (Å²) >= 11 is 0. The summed E-state index contributed by atoms with van der Waals surface area (Å²) in [5.74, 6) is 0.732. The number of ether oxygens (including phenoxy) is 1. The second-order valence-corrected chi connectivity index (χ2v) is 7.79. The summed E-state index contributed by atoms with van der Waals surface area (Å²) in [6.07, 6.45) is 1.89. The highest BCUT2D eigenvalue weighted by atomic mass is 32.2. The number of rotatable bonds is 2. The van der Waals surface area contributed by atoms with Crippen LogP contribution >= 0.6 is 0 Å². The van der Waals surface area contributed by atoms with Gasteiger partial charge in [0.25, 0.3) is 0 Å². The molecule has 0 N–H and O–H groups in total. The molecule has 3 rings (SSSR count). The first-order chi connectivity index (χ1) is 10.4. The summed E-state index contributed by atoms with van der Waals surface area (Å²) < 4.78 is 30.1. The molecule has 7 heteroatoms. The molecule has 0 aliphatic carbocycles. The Hall–Kier alpha value is -1.60. The van der Waals surface area contributed by atoms with Crippen molar-refractivity contribution in [2.75, 3.05) is 39.0 Å². The monoisotopic (exact) mass is 324 g/mol. The number of sulfonamides is 1. The zero-order valence-corrected chi connectivity index (χ0v) is 13.4. The molecule has 0 unspecified atom stereocenters. The molecule has 2 aliphatic rings. The highest BCUT2D eigenvalue weighted by Crippen LogP contribution is 2.28. The van der Waals surface area contributed by atoms with E-state index in [2.05, 4.69) is 0 Å². The fourth-order valence-electron chi connectivity index (χ4n) is 2.98. The first kappa shape index (κ1) is 15.3. The third kappa shape index (κ3) is 3.10. The highest BCUT2D eigenvalue weighted by molar-refractivity contribution is 7.88. The Balaban J connectivity index is 1.62. The van der Waals surface area contributed by atoms with Crippen molar-refractivity contribution in [3.05, 3.63) is 29.8 Å². The Morgan fingerprint density at radius 3 is 2.55 bits per heavy atom. The van der Waals surface area contributed by atoms with Gasteiger partial charge in [-0.2, -0.15) is 4.31 Å². The van der Waals surface area contributed by atoms with Crippen LogP contribution in [-0.4, -0.2) is 62.6 Å². The lowest BCUT2D eigenvalue weighted by molar-refractivity contribution is -0.138. The number of para-hydroxylation sites is 1. The Kier molecular flexibility index (Phi) is 4.10. The topological polar surface area (TPSA) is 66.9 Å². The molecule has 1 aromatic carbocycles. The van der Waals surface area contributed by atoms with E-state index in [-0.39, 0.29) is 11.8 Å². The van der Waals surface area contributed by atoms with Gasteiger partial charge >= 0.3 is 0 Å². The average molecular weight is 324 g/mol. The molecule has 0 aromatic heterocycles. The van der Waals surface area contributed by atoms with Gasteiger partial charge in [-0.25, -0.2) is 8.42 Å². The van der Waals surface area contributed by atoms with Crippen molar-refractivity contribution in [2.24, 2.45) is 5.92 Å². The summed E-state index contributed by atoms with van der Waals surface area (Å²) in [5, 5.41) is 0. The van der Waals surface area contributed by atoms with Crippen molar-refractivity contribution in [2.45, 2.75) is 6.42 Å². The minimum atomic E-state index is -3.17. The zero-order chi connectivity index (χ0) is 15.7. The Morgan fingerprint density at radius 2 is 1.86 bits per heavy atom. The lowest BCUT2D eigenvalue weighted by Gasteiger charge is -2.36. The maximum Gasteiger partial charge on any atom is 0.229 e. The number of carbonyl (C=O) groups is 1. The van der Waals surface area contributed by atoms with Crippen LogP contribution in [0.5, 0.6) is 5.75 Å². The molecule has 2 heterocycles. The quantitative estimate of drug-likeness (QED) is 0.787. The third-order valence-electron chi connectivity index (χ3n) is 4.25. The standard InChI is InChI=1S/C15H20N2O4S/c1-22(19,20)17-8-6-16(7-9-17)15(18)13-10-12-4-2-3-5-14(12)21-11-13/h2-5,13H,6-11H2,1H3/t13-/m0/s1. The fourth-order valence-corrected chi connectivity index (χ4v) is 3.81. The van der Waals surface area contributed by atoms with Crippen LogP contribution in [0.1, 0.15) is 5.56 Å². The van der Waals surface area contributed by atoms with Gasteiger partial charge in [0, 0.05) is 26.2 Å². The van der Waals surface area contributed by atoms with Gasteiger partial charge in [0.15, 0.2) is 0 Å². The Bertz CT molecular complexity index is 666. The molecule has 1 fully saturated rings. The first-order valence-corrected chi connectivity index (χ1v) is 9.24. The normalized spacial score (nSPS) is 22.8. The van der Waals surface area contributed by atoms with Crippen molar-refractivity contribution >= 4 is 15.9 Å². The number of hydrogen-bond donors (Lipinski definition) is 0. The molecule has 0 spiro atoms. The largest absolute Gasteiger partial charge is 0.492 e. The van der Waals surface area contributed by atoms with Gasteiger partial charge in [-0.15, -0.1) is 0 Å². The van der Waals surface area contributed by atoms with E-state index in [4.69, 9.17) is 4.74 Å². The van der Waals surface area contributed by atoms with Crippen LogP contribution in [-0.2, 0) is 21.2 Å². The molecule has 120 valence electrons. The number of amides is 1. The Morgan fingerprint density at radius 1 is 1.18 bits per heavy atom. The fraction of sp³-hybridized carbons (Fsp3) is 0.533. The van der Waals surface area contributed by atoms with Gasteiger partial charge in [-0.1, -0.05) is 18.2 Å². The van der Waals surface area contributed by atoms with Crippen molar-refractivity contribution in [3.63, 3.8) is 0 Å². The molecule has 0 radical (unpaired) electrons. The van der Waals surface area contributed by atoms with Crippen LogP contribution < -0.4 is 4.74 Å². The van der Waals surface area contributed by atoms with Crippen LogP contribution in [0.25, 0.3) is 0 Å². The smallest absolute Gasteiger partial charge is 0.229 e. The Labute approximate surface area is 130 Å². The van der Waals surface area contributed by atoms with Crippen molar-refractivity contribution < 1.29 is 17.9 Å². The highest BCUT2D eigenvalue weighted by Gasteiger charge is 2.32. The predicted octanol–water partition coefficient (Wildman–Crippen LogP) is 0.342. The van der Waals surface area contributed by atoms with Gasteiger partial charge < -0.3 is 9.64 Å². The molecule has 2 aliphatic heterocycles. The molecule has 1 atom stereocenters. The molecular weight excluding hydrogens is 304 g/mol. The van der Waals surface area contributed by atoms with E-state index >= 15 is 0 Å². The van der Waals surface area contributed by atoms with Gasteiger partial charge in [0.2, 0.25) is 15.9 Å². The van der Waals surface area contributed by atoms with E-state index in [0.717, 1.165) is 11.3 Å². The molecular formula is C15H20N2O4S. The van der Waals surface area contributed by atoms with E-state index in [9.17, 15) is 13.2 Å². The molecule has 0 bridgehead atoms. The van der Waals surface area contributed by atoms with Crippen molar-refractivity contribution in [1.29, 1.82) is 0 Å². The third-order valence-corrected chi connectivity index (χ3v) is 5.55. The summed E-state index contributed by atoms with van der Waals surface area (Å²) in [6.45, 7) is 2.03. The van der Waals surface area contributed by atoms with Crippen LogP contribution in [0, 0.1) is 5.92 Å². The van der Waals surface area contributed by atoms with Crippen LogP contribution in [0.2, 0.25) is 0 Å². The molecule has 1 amide bonds. The number of fused-ring (bicyclic) bond motifs is 1. The molecule has 0 saturated carbocycles. The molecule has 1 aromatic rings. The summed E-state index contributed by atoms with van der Waals surface area (Å²) in [7, 11) is -3.17. The van der Waals surface area contributed by atoms with Crippen molar-refractivity contribution in [1.82, 2.24) is 9.21 Å². The second kappa shape index (κ2) is 5.89. The molecule has 22 heavy (non-hydrogen) atoms. The van der Waals surface area contributed by atoms with Crippen LogP contribution in [0.15, 0.2) is 24.3 Å². The van der Waals surface area contributed by atoms with Gasteiger partial charge in [-0.05, 0) is 18.1 Å². The van der Waals surface area contributed by atoms with Crippen LogP contribution in [0.4, 0.5) is 0 Å². The summed E-state index contributed by atoms with van der Waals surface area (Å²) in [4.78, 5) is 14.4. The van der Waals surface area contributed by atoms with E-state index < -0.39 is 10.0 Å². The maximum atomic E-state index is 12.6. The van der Waals surface area contributed by atoms with Gasteiger partial charge in [-0.3, -0.25) is 4.79 Å². The second-order valence-electron chi connectivity index (χ2n) is 5.81. The van der Waals surface area contributed by atoms with E-state index in [1.807, 2.05) is 24.3 Å². The molecule has 1 saturated heterocycles. The zero-order valence-electron chi connectivity index (χ0n) is 12.6. The van der Waals surface area contributed by atoms with Gasteiger partial charge in [0.05, 0.1) is 12.2 Å². The minimum absolute atomic E-state index is 0.0580. The maximum absolute atomic E-state index is 12.6. The summed E-state index contributed by atoms with van der Waals surface area (Å²) in [6, 6.07) is 7.77. The summed E-state index contributed by atoms with van der Waals surface area (Å²) in [5.41, 5.74) is 1.06. The van der Waals surface area contributed by atoms with Gasteiger partial charge in [0.1, 0.15) is 12.4 Å². The number of carbonyl (C=O) groups excluding carboxylic acids is 1. The lowest BCUT2D eigenvalue weighted by atomic mass is 9.95. The van der Waals surface area contributed by atoms with E-state index in [1.54, 1.807) is 4.90 Å². The minimum Gasteiger partial charge on any atom is -0.492 e. The number of benzene rings is 1. The average Bonchev–Trinajstić information content (AvgIpc) is 2.53.